The molecular formula is C26H44O2. The van der Waals surface area contributed by atoms with E-state index in [1.807, 2.05) is 0 Å². The molecule has 160 valence electrons. The molecule has 2 nitrogen and oxygen atoms in total. The van der Waals surface area contributed by atoms with Crippen LogP contribution in [0.5, 0.6) is 0 Å². The Balaban J connectivity index is 3.22. The van der Waals surface area contributed by atoms with Gasteiger partial charge in [0.05, 0.1) is 0 Å². The van der Waals surface area contributed by atoms with Crippen LogP contribution in [0.4, 0.5) is 0 Å². The summed E-state index contributed by atoms with van der Waals surface area (Å²) in [5, 5.41) is 8.55. The lowest BCUT2D eigenvalue weighted by Crippen LogP contribution is -1.93. The third-order valence-electron chi connectivity index (χ3n) is 5.09. The van der Waals surface area contributed by atoms with Gasteiger partial charge >= 0.3 is 5.97 Å². The Kier molecular flexibility index (Phi) is 22.4. The normalized spacial score (nSPS) is 10.0. The van der Waals surface area contributed by atoms with Crippen molar-refractivity contribution in [2.75, 3.05) is 0 Å². The van der Waals surface area contributed by atoms with E-state index in [1.54, 1.807) is 0 Å². The van der Waals surface area contributed by atoms with E-state index in [0.29, 0.717) is 0 Å². The van der Waals surface area contributed by atoms with Gasteiger partial charge in [-0.05, 0) is 31.1 Å². The van der Waals surface area contributed by atoms with Crippen molar-refractivity contribution in [1.29, 1.82) is 0 Å². The fourth-order valence-corrected chi connectivity index (χ4v) is 3.29. The van der Waals surface area contributed by atoms with Gasteiger partial charge in [-0.3, -0.25) is 4.79 Å². The summed E-state index contributed by atoms with van der Waals surface area (Å²) in [7, 11) is 0. The molecule has 0 heterocycles. The van der Waals surface area contributed by atoms with E-state index in [9.17, 15) is 4.79 Å². The van der Waals surface area contributed by atoms with Crippen LogP contribution in [0, 0.1) is 23.7 Å². The Morgan fingerprint density at radius 3 is 1.32 bits per heavy atom. The molecule has 0 saturated carbocycles. The van der Waals surface area contributed by atoms with Gasteiger partial charge in [-0.25, -0.2) is 0 Å². The SMILES string of the molecule is CCCCCCCCCCCCCCCC#CC#CCCCCCCC(=O)O. The lowest BCUT2D eigenvalue weighted by atomic mass is 10.0. The van der Waals surface area contributed by atoms with E-state index in [1.165, 1.54) is 83.5 Å². The van der Waals surface area contributed by atoms with Gasteiger partial charge in [0.15, 0.2) is 0 Å². The first-order valence-electron chi connectivity index (χ1n) is 11.9. The predicted octanol–water partition coefficient (Wildman–Crippen LogP) is 7.90. The van der Waals surface area contributed by atoms with Crippen molar-refractivity contribution in [2.24, 2.45) is 0 Å². The first-order chi connectivity index (χ1) is 13.8. The van der Waals surface area contributed by atoms with Crippen molar-refractivity contribution >= 4 is 5.97 Å². The first-order valence-corrected chi connectivity index (χ1v) is 11.9. The number of carboxylic acids is 1. The lowest BCUT2D eigenvalue weighted by molar-refractivity contribution is -0.137. The number of rotatable bonds is 19. The van der Waals surface area contributed by atoms with E-state index in [4.69, 9.17) is 5.11 Å². The minimum Gasteiger partial charge on any atom is -0.481 e. The molecule has 0 aliphatic carbocycles. The molecule has 0 rings (SSSR count). The molecule has 0 aromatic carbocycles. The van der Waals surface area contributed by atoms with Crippen LogP contribution < -0.4 is 0 Å². The Labute approximate surface area is 175 Å². The van der Waals surface area contributed by atoms with Gasteiger partial charge in [-0.1, -0.05) is 109 Å². The third-order valence-corrected chi connectivity index (χ3v) is 5.09. The van der Waals surface area contributed by atoms with Crippen molar-refractivity contribution in [3.05, 3.63) is 0 Å². The monoisotopic (exact) mass is 388 g/mol. The zero-order chi connectivity index (χ0) is 20.5. The molecule has 0 amide bonds. The summed E-state index contributed by atoms with van der Waals surface area (Å²) in [5.41, 5.74) is 0. The van der Waals surface area contributed by atoms with Crippen LogP contribution >= 0.6 is 0 Å². The van der Waals surface area contributed by atoms with E-state index < -0.39 is 5.97 Å². The van der Waals surface area contributed by atoms with Gasteiger partial charge in [-0.15, -0.1) is 0 Å². The zero-order valence-electron chi connectivity index (χ0n) is 18.5. The van der Waals surface area contributed by atoms with Crippen LogP contribution in [0.25, 0.3) is 0 Å². The number of hydrogen-bond donors (Lipinski definition) is 1. The molecule has 0 saturated heterocycles. The lowest BCUT2D eigenvalue weighted by Gasteiger charge is -2.02. The van der Waals surface area contributed by atoms with E-state index >= 15 is 0 Å². The average molecular weight is 389 g/mol. The largest absolute Gasteiger partial charge is 0.481 e. The topological polar surface area (TPSA) is 37.3 Å². The van der Waals surface area contributed by atoms with Crippen LogP contribution in [0.15, 0.2) is 0 Å². The predicted molar refractivity (Wildman–Crippen MR) is 121 cm³/mol. The molecular weight excluding hydrogens is 344 g/mol. The smallest absolute Gasteiger partial charge is 0.303 e. The quantitative estimate of drug-likeness (QED) is 0.180. The molecule has 0 unspecified atom stereocenters. The molecule has 0 bridgehead atoms. The van der Waals surface area contributed by atoms with E-state index in [-0.39, 0.29) is 6.42 Å². The van der Waals surface area contributed by atoms with Gasteiger partial charge in [0.1, 0.15) is 0 Å². The molecule has 0 aromatic heterocycles. The second-order valence-electron chi connectivity index (χ2n) is 7.90. The molecule has 1 N–H and O–H groups in total. The van der Waals surface area contributed by atoms with E-state index in [0.717, 1.165) is 38.5 Å². The third kappa shape index (κ3) is 24.6. The highest BCUT2D eigenvalue weighted by Crippen LogP contribution is 2.12. The highest BCUT2D eigenvalue weighted by atomic mass is 16.4. The number of unbranched alkanes of at least 4 members (excludes halogenated alkanes) is 17. The van der Waals surface area contributed by atoms with Gasteiger partial charge in [0.25, 0.3) is 0 Å². The number of carbonyl (C=O) groups is 1. The fourth-order valence-electron chi connectivity index (χ4n) is 3.29. The molecule has 28 heavy (non-hydrogen) atoms. The van der Waals surface area contributed by atoms with Crippen molar-refractivity contribution in [3.63, 3.8) is 0 Å². The van der Waals surface area contributed by atoms with Crippen LogP contribution in [0.1, 0.15) is 135 Å². The fraction of sp³-hybridized carbons (Fsp3) is 0.808. The van der Waals surface area contributed by atoms with Crippen LogP contribution in [0.3, 0.4) is 0 Å². The number of hydrogen-bond acceptors (Lipinski definition) is 1. The summed E-state index contributed by atoms with van der Waals surface area (Å²) in [6, 6.07) is 0. The van der Waals surface area contributed by atoms with Crippen LogP contribution in [-0.4, -0.2) is 11.1 Å². The number of aliphatic carboxylic acids is 1. The van der Waals surface area contributed by atoms with Crippen molar-refractivity contribution in [3.8, 4) is 23.7 Å². The molecule has 2 heteroatoms. The summed E-state index contributed by atoms with van der Waals surface area (Å²) in [5.74, 6) is 11.5. The first kappa shape index (κ1) is 26.6. The highest BCUT2D eigenvalue weighted by molar-refractivity contribution is 5.66. The maximum absolute atomic E-state index is 10.4. The van der Waals surface area contributed by atoms with Gasteiger partial charge in [0.2, 0.25) is 0 Å². The minimum atomic E-state index is -0.696. The Hall–Kier alpha value is -1.41. The minimum absolute atomic E-state index is 0.288. The maximum atomic E-state index is 10.4. The second-order valence-corrected chi connectivity index (χ2v) is 7.90. The summed E-state index contributed by atoms with van der Waals surface area (Å²) in [4.78, 5) is 10.4. The molecule has 0 aliphatic rings. The van der Waals surface area contributed by atoms with Gasteiger partial charge in [0, 0.05) is 19.3 Å². The van der Waals surface area contributed by atoms with Crippen LogP contribution in [0.2, 0.25) is 0 Å². The van der Waals surface area contributed by atoms with Crippen molar-refractivity contribution < 1.29 is 9.90 Å². The summed E-state index contributed by atoms with van der Waals surface area (Å²) < 4.78 is 0. The standard InChI is InChI=1S/C26H44O2/c1-2-3-4-5-6-7-8-9-10-11-12-13-14-15-16-17-18-19-20-21-22-23-24-25-26(27)28/h2-15,20-25H2,1H3,(H,27,28). The maximum Gasteiger partial charge on any atom is 0.303 e. The zero-order valence-corrected chi connectivity index (χ0v) is 18.5. The van der Waals surface area contributed by atoms with Crippen LogP contribution in [-0.2, 0) is 4.79 Å². The summed E-state index contributed by atoms with van der Waals surface area (Å²) in [6.45, 7) is 2.28. The van der Waals surface area contributed by atoms with Gasteiger partial charge < -0.3 is 5.11 Å². The number of carboxylic acid groups (broad SMARTS) is 1. The van der Waals surface area contributed by atoms with E-state index in [2.05, 4.69) is 30.6 Å². The van der Waals surface area contributed by atoms with Gasteiger partial charge in [-0.2, -0.15) is 0 Å². The summed E-state index contributed by atoms with van der Waals surface area (Å²) >= 11 is 0. The second kappa shape index (κ2) is 23.6. The van der Waals surface area contributed by atoms with Crippen molar-refractivity contribution in [1.82, 2.24) is 0 Å². The molecule has 0 atom stereocenters. The van der Waals surface area contributed by atoms with Crippen molar-refractivity contribution in [2.45, 2.75) is 135 Å². The Bertz CT molecular complexity index is 458. The molecule has 0 fully saturated rings. The average Bonchev–Trinajstić information content (AvgIpc) is 2.68. The Morgan fingerprint density at radius 2 is 0.929 bits per heavy atom. The summed E-state index contributed by atoms with van der Waals surface area (Å²) in [6.07, 6.45) is 24.0. The molecule has 0 radical (unpaired) electrons. The highest BCUT2D eigenvalue weighted by Gasteiger charge is 1.95. The Morgan fingerprint density at radius 1 is 0.571 bits per heavy atom. The molecule has 0 aromatic rings. The molecule has 0 aliphatic heterocycles. The molecule has 0 spiro atoms.